The first kappa shape index (κ1) is 14.9. The highest BCUT2D eigenvalue weighted by molar-refractivity contribution is 5.93. The van der Waals surface area contributed by atoms with Crippen LogP contribution >= 0.6 is 0 Å². The van der Waals surface area contributed by atoms with Crippen molar-refractivity contribution >= 4 is 11.7 Å². The Morgan fingerprint density at radius 2 is 2.24 bits per heavy atom. The Morgan fingerprint density at radius 3 is 2.90 bits per heavy atom. The minimum absolute atomic E-state index is 0.306. The van der Waals surface area contributed by atoms with Crippen LogP contribution in [-0.4, -0.2) is 28.7 Å². The molecule has 0 saturated heterocycles. The van der Waals surface area contributed by atoms with Crippen molar-refractivity contribution in [1.29, 1.82) is 0 Å². The van der Waals surface area contributed by atoms with Gasteiger partial charge in [-0.25, -0.2) is 9.78 Å². The number of nitrogens with two attached hydrogens (primary N) is 1. The third kappa shape index (κ3) is 3.75. The summed E-state index contributed by atoms with van der Waals surface area (Å²) in [6.45, 7) is 2.48. The van der Waals surface area contributed by atoms with E-state index >= 15 is 0 Å². The van der Waals surface area contributed by atoms with Crippen LogP contribution in [0.2, 0.25) is 0 Å². The Hall–Kier alpha value is -2.50. The summed E-state index contributed by atoms with van der Waals surface area (Å²) in [5.74, 6) is 0.955. The summed E-state index contributed by atoms with van der Waals surface area (Å²) in [5, 5.41) is 0. The lowest BCUT2D eigenvalue weighted by Gasteiger charge is -2.11. The maximum absolute atomic E-state index is 11.9. The molecule has 2 rings (SSSR count). The maximum atomic E-state index is 11.9. The van der Waals surface area contributed by atoms with Crippen LogP contribution in [0.5, 0.6) is 5.75 Å². The van der Waals surface area contributed by atoms with Gasteiger partial charge in [0.2, 0.25) is 0 Å². The highest BCUT2D eigenvalue weighted by atomic mass is 16.5. The van der Waals surface area contributed by atoms with Gasteiger partial charge in [0.05, 0.1) is 13.2 Å². The quantitative estimate of drug-likeness (QED) is 0.648. The van der Waals surface area contributed by atoms with Crippen molar-refractivity contribution in [3.05, 3.63) is 42.0 Å². The zero-order valence-corrected chi connectivity index (χ0v) is 12.2. The predicted octanol–water partition coefficient (Wildman–Crippen LogP) is 1.80. The second-order valence-electron chi connectivity index (χ2n) is 4.53. The van der Waals surface area contributed by atoms with Crippen molar-refractivity contribution in [2.75, 3.05) is 18.9 Å². The normalized spacial score (nSPS) is 10.4. The number of aromatic nitrogens is 2. The molecule has 21 heavy (non-hydrogen) atoms. The average molecular weight is 289 g/mol. The van der Waals surface area contributed by atoms with E-state index in [1.807, 2.05) is 17.8 Å². The molecular weight excluding hydrogens is 270 g/mol. The van der Waals surface area contributed by atoms with Gasteiger partial charge in [-0.15, -0.1) is 0 Å². The van der Waals surface area contributed by atoms with Crippen molar-refractivity contribution in [1.82, 2.24) is 9.55 Å². The zero-order valence-electron chi connectivity index (χ0n) is 12.2. The predicted molar refractivity (Wildman–Crippen MR) is 79.2 cm³/mol. The van der Waals surface area contributed by atoms with Crippen molar-refractivity contribution in [3.63, 3.8) is 0 Å². The van der Waals surface area contributed by atoms with Gasteiger partial charge in [0.15, 0.2) is 0 Å². The molecule has 0 saturated carbocycles. The van der Waals surface area contributed by atoms with E-state index in [9.17, 15) is 4.79 Å². The number of esters is 1. The van der Waals surface area contributed by atoms with E-state index in [0.717, 1.165) is 5.82 Å². The smallest absolute Gasteiger partial charge is 0.341 e. The number of anilines is 1. The van der Waals surface area contributed by atoms with Gasteiger partial charge in [0, 0.05) is 31.5 Å². The molecule has 1 aromatic carbocycles. The molecule has 0 aliphatic carbocycles. The summed E-state index contributed by atoms with van der Waals surface area (Å²) in [6, 6.07) is 4.94. The summed E-state index contributed by atoms with van der Waals surface area (Å²) in [7, 11) is 1.93. The molecule has 0 aliphatic heterocycles. The summed E-state index contributed by atoms with van der Waals surface area (Å²) in [6.07, 6.45) is 4.27. The molecule has 0 amide bonds. The first-order valence-corrected chi connectivity index (χ1v) is 6.77. The Bertz CT molecular complexity index is 622. The molecule has 0 spiro atoms. The number of hydrogen-bond donors (Lipinski definition) is 1. The molecule has 112 valence electrons. The summed E-state index contributed by atoms with van der Waals surface area (Å²) in [5.41, 5.74) is 6.55. The number of nitrogen functional groups attached to an aromatic ring is 1. The molecule has 6 heteroatoms. The van der Waals surface area contributed by atoms with Crippen LogP contribution in [0.1, 0.15) is 23.1 Å². The molecule has 1 aromatic heterocycles. The Labute approximate surface area is 123 Å². The first-order valence-electron chi connectivity index (χ1n) is 6.77. The van der Waals surface area contributed by atoms with Gasteiger partial charge in [-0.3, -0.25) is 0 Å². The number of nitrogens with zero attached hydrogens (tertiary/aromatic N) is 2. The average Bonchev–Trinajstić information content (AvgIpc) is 2.86. The number of carbonyl (C=O) groups excluding carboxylic acids is 1. The van der Waals surface area contributed by atoms with Crippen LogP contribution in [0.3, 0.4) is 0 Å². The first-order chi connectivity index (χ1) is 10.1. The number of rotatable bonds is 6. The molecule has 2 aromatic rings. The lowest BCUT2D eigenvalue weighted by molar-refractivity contribution is 0.0522. The van der Waals surface area contributed by atoms with Crippen LogP contribution in [0, 0.1) is 0 Å². The summed E-state index contributed by atoms with van der Waals surface area (Å²) >= 11 is 0. The van der Waals surface area contributed by atoms with E-state index in [4.69, 9.17) is 15.2 Å². The van der Waals surface area contributed by atoms with Crippen molar-refractivity contribution < 1.29 is 14.3 Å². The van der Waals surface area contributed by atoms with Gasteiger partial charge in [-0.1, -0.05) is 0 Å². The van der Waals surface area contributed by atoms with Crippen LogP contribution < -0.4 is 10.5 Å². The van der Waals surface area contributed by atoms with Gasteiger partial charge in [-0.2, -0.15) is 0 Å². The number of benzene rings is 1. The minimum Gasteiger partial charge on any atom is -0.492 e. The van der Waals surface area contributed by atoms with Crippen molar-refractivity contribution in [3.8, 4) is 5.75 Å². The van der Waals surface area contributed by atoms with Crippen molar-refractivity contribution in [2.24, 2.45) is 7.05 Å². The Kier molecular flexibility index (Phi) is 4.81. The number of carbonyl (C=O) groups is 1. The van der Waals surface area contributed by atoms with E-state index in [0.29, 0.717) is 36.6 Å². The van der Waals surface area contributed by atoms with Gasteiger partial charge in [0.25, 0.3) is 0 Å². The number of imidazole rings is 1. The topological polar surface area (TPSA) is 79.4 Å². The zero-order chi connectivity index (χ0) is 15.2. The fourth-order valence-corrected chi connectivity index (χ4v) is 1.93. The monoisotopic (exact) mass is 289 g/mol. The molecule has 0 aliphatic rings. The van der Waals surface area contributed by atoms with E-state index in [-0.39, 0.29) is 0 Å². The molecule has 0 fully saturated rings. The SMILES string of the molecule is CCOC(=O)c1cc(N)ccc1OCCc1nccn1C. The van der Waals surface area contributed by atoms with Crippen LogP contribution in [0.4, 0.5) is 5.69 Å². The second kappa shape index (κ2) is 6.78. The highest BCUT2D eigenvalue weighted by Gasteiger charge is 2.14. The fourth-order valence-electron chi connectivity index (χ4n) is 1.93. The largest absolute Gasteiger partial charge is 0.492 e. The number of ether oxygens (including phenoxy) is 2. The van der Waals surface area contributed by atoms with Crippen molar-refractivity contribution in [2.45, 2.75) is 13.3 Å². The maximum Gasteiger partial charge on any atom is 0.341 e. The standard InChI is InChI=1S/C15H19N3O3/c1-3-20-15(19)12-10-11(16)4-5-13(12)21-9-6-14-17-7-8-18(14)2/h4-5,7-8,10H,3,6,9,16H2,1-2H3. The fraction of sp³-hybridized carbons (Fsp3) is 0.333. The second-order valence-corrected chi connectivity index (χ2v) is 4.53. The van der Waals surface area contributed by atoms with Crippen LogP contribution in [0.25, 0.3) is 0 Å². The molecule has 6 nitrogen and oxygen atoms in total. The molecule has 0 unspecified atom stereocenters. The molecule has 0 radical (unpaired) electrons. The van der Waals surface area contributed by atoms with Crippen LogP contribution in [0.15, 0.2) is 30.6 Å². The molecule has 1 heterocycles. The van der Waals surface area contributed by atoms with E-state index in [2.05, 4.69) is 4.98 Å². The van der Waals surface area contributed by atoms with Crippen LogP contribution in [-0.2, 0) is 18.2 Å². The van der Waals surface area contributed by atoms with Gasteiger partial charge >= 0.3 is 5.97 Å². The third-order valence-corrected chi connectivity index (χ3v) is 3.00. The van der Waals surface area contributed by atoms with Gasteiger partial charge < -0.3 is 19.8 Å². The third-order valence-electron chi connectivity index (χ3n) is 3.00. The number of hydrogen-bond acceptors (Lipinski definition) is 5. The summed E-state index contributed by atoms with van der Waals surface area (Å²) < 4.78 is 12.6. The van der Waals surface area contributed by atoms with Gasteiger partial charge in [0.1, 0.15) is 17.1 Å². The molecule has 2 N–H and O–H groups in total. The molecule has 0 bridgehead atoms. The van der Waals surface area contributed by atoms with E-state index in [1.54, 1.807) is 31.3 Å². The lowest BCUT2D eigenvalue weighted by Crippen LogP contribution is -2.11. The Morgan fingerprint density at radius 1 is 1.43 bits per heavy atom. The lowest BCUT2D eigenvalue weighted by atomic mass is 10.2. The van der Waals surface area contributed by atoms with E-state index < -0.39 is 5.97 Å². The van der Waals surface area contributed by atoms with E-state index in [1.165, 1.54) is 0 Å². The van der Waals surface area contributed by atoms with Gasteiger partial charge in [-0.05, 0) is 25.1 Å². The molecular formula is C15H19N3O3. The molecule has 0 atom stereocenters. The highest BCUT2D eigenvalue weighted by Crippen LogP contribution is 2.22. The number of aryl methyl sites for hydroxylation is 1. The minimum atomic E-state index is -0.434. The Balaban J connectivity index is 2.05. The summed E-state index contributed by atoms with van der Waals surface area (Å²) in [4.78, 5) is 16.1.